The Balaban J connectivity index is 2.08. The summed E-state index contributed by atoms with van der Waals surface area (Å²) < 4.78 is 11.8. The van der Waals surface area contributed by atoms with E-state index in [2.05, 4.69) is 4.98 Å². The molecule has 1 aromatic heterocycles. The zero-order valence-electron chi connectivity index (χ0n) is 10.7. The predicted octanol–water partition coefficient (Wildman–Crippen LogP) is 2.91. The highest BCUT2D eigenvalue weighted by atomic mass is 35.5. The molecule has 1 aliphatic heterocycles. The lowest BCUT2D eigenvalue weighted by atomic mass is 9.81. The maximum atomic E-state index is 5.91. The number of pyridine rings is 1. The summed E-state index contributed by atoms with van der Waals surface area (Å²) in [6, 6.07) is 1.89. The lowest BCUT2D eigenvalue weighted by Crippen LogP contribution is -2.41. The number of hydrogen-bond donors (Lipinski definition) is 0. The Kier molecular flexibility index (Phi) is 3.23. The molecular formula is C12H17BClNO2. The van der Waals surface area contributed by atoms with Crippen LogP contribution in [-0.4, -0.2) is 23.3 Å². The first-order valence-corrected chi connectivity index (χ1v) is 6.13. The molecular weight excluding hydrogens is 236 g/mol. The molecule has 0 atom stereocenters. The van der Waals surface area contributed by atoms with Gasteiger partial charge in [0.1, 0.15) is 0 Å². The third-order valence-electron chi connectivity index (χ3n) is 3.47. The van der Waals surface area contributed by atoms with Crippen molar-refractivity contribution in [3.63, 3.8) is 0 Å². The van der Waals surface area contributed by atoms with Crippen LogP contribution in [0.25, 0.3) is 0 Å². The molecule has 3 nitrogen and oxygen atoms in total. The van der Waals surface area contributed by atoms with Crippen molar-refractivity contribution in [3.05, 3.63) is 29.0 Å². The second-order valence-corrected chi connectivity index (χ2v) is 5.84. The van der Waals surface area contributed by atoms with Gasteiger partial charge in [-0.3, -0.25) is 4.98 Å². The van der Waals surface area contributed by atoms with E-state index in [-0.39, 0.29) is 18.3 Å². The van der Waals surface area contributed by atoms with Gasteiger partial charge in [0.05, 0.1) is 16.2 Å². The van der Waals surface area contributed by atoms with Crippen LogP contribution in [0, 0.1) is 0 Å². The van der Waals surface area contributed by atoms with Crippen molar-refractivity contribution >= 4 is 18.7 Å². The minimum atomic E-state index is -0.288. The molecule has 92 valence electrons. The van der Waals surface area contributed by atoms with E-state index in [9.17, 15) is 0 Å². The van der Waals surface area contributed by atoms with Crippen LogP contribution in [0.1, 0.15) is 33.3 Å². The summed E-state index contributed by atoms with van der Waals surface area (Å²) in [5.41, 5.74) is 0.448. The smallest absolute Gasteiger partial charge is 0.403 e. The highest BCUT2D eigenvalue weighted by molar-refractivity contribution is 6.45. The van der Waals surface area contributed by atoms with Gasteiger partial charge in [0.25, 0.3) is 0 Å². The van der Waals surface area contributed by atoms with E-state index < -0.39 is 0 Å². The molecule has 0 aromatic carbocycles. The highest BCUT2D eigenvalue weighted by Crippen LogP contribution is 2.37. The lowest BCUT2D eigenvalue weighted by molar-refractivity contribution is 0.00578. The molecule has 0 spiro atoms. The average molecular weight is 254 g/mol. The van der Waals surface area contributed by atoms with Crippen LogP contribution in [0.4, 0.5) is 0 Å². The minimum Gasteiger partial charge on any atom is -0.403 e. The number of nitrogens with zero attached hydrogens (tertiary/aromatic N) is 1. The zero-order chi connectivity index (χ0) is 12.7. The van der Waals surface area contributed by atoms with Crippen molar-refractivity contribution in [3.8, 4) is 0 Å². The first kappa shape index (κ1) is 12.9. The normalized spacial score (nSPS) is 21.8. The van der Waals surface area contributed by atoms with Gasteiger partial charge >= 0.3 is 7.12 Å². The van der Waals surface area contributed by atoms with Crippen molar-refractivity contribution in [2.75, 3.05) is 0 Å². The molecule has 5 heteroatoms. The van der Waals surface area contributed by atoms with E-state index in [1.807, 2.05) is 33.8 Å². The number of hydrogen-bond acceptors (Lipinski definition) is 3. The maximum Gasteiger partial charge on any atom is 0.462 e. The van der Waals surface area contributed by atoms with Crippen LogP contribution >= 0.6 is 11.6 Å². The van der Waals surface area contributed by atoms with Gasteiger partial charge in [0.2, 0.25) is 0 Å². The Labute approximate surface area is 108 Å². The fraction of sp³-hybridized carbons (Fsp3) is 0.583. The summed E-state index contributed by atoms with van der Waals surface area (Å²) in [6.07, 6.45) is 4.08. The van der Waals surface area contributed by atoms with Gasteiger partial charge in [-0.15, -0.1) is 0 Å². The van der Waals surface area contributed by atoms with Crippen molar-refractivity contribution in [1.82, 2.24) is 4.98 Å². The van der Waals surface area contributed by atoms with Gasteiger partial charge in [0, 0.05) is 18.7 Å². The molecule has 1 fully saturated rings. The Morgan fingerprint density at radius 3 is 2.29 bits per heavy atom. The first-order valence-electron chi connectivity index (χ1n) is 5.75. The van der Waals surface area contributed by atoms with Crippen LogP contribution < -0.4 is 0 Å². The molecule has 0 radical (unpaired) electrons. The molecule has 0 bridgehead atoms. The van der Waals surface area contributed by atoms with Gasteiger partial charge in [-0.25, -0.2) is 0 Å². The minimum absolute atomic E-state index is 0.236. The first-order chi connectivity index (χ1) is 7.80. The van der Waals surface area contributed by atoms with Crippen molar-refractivity contribution in [2.24, 2.45) is 0 Å². The summed E-state index contributed by atoms with van der Waals surface area (Å²) in [5, 5.41) is 0.638. The van der Waals surface area contributed by atoms with E-state index >= 15 is 0 Å². The largest absolute Gasteiger partial charge is 0.462 e. The van der Waals surface area contributed by atoms with Gasteiger partial charge in [0.15, 0.2) is 0 Å². The Bertz CT molecular complexity index is 407. The van der Waals surface area contributed by atoms with E-state index in [4.69, 9.17) is 20.9 Å². The molecule has 1 saturated heterocycles. The summed E-state index contributed by atoms with van der Waals surface area (Å²) in [7, 11) is -0.236. The molecule has 0 N–H and O–H groups in total. The van der Waals surface area contributed by atoms with Crippen LogP contribution in [-0.2, 0) is 15.6 Å². The fourth-order valence-corrected chi connectivity index (χ4v) is 2.00. The van der Waals surface area contributed by atoms with Crippen LogP contribution in [0.5, 0.6) is 0 Å². The van der Waals surface area contributed by atoms with Gasteiger partial charge in [-0.2, -0.15) is 0 Å². The van der Waals surface area contributed by atoms with Crippen LogP contribution in [0.2, 0.25) is 5.02 Å². The molecule has 2 heterocycles. The fourth-order valence-electron chi connectivity index (χ4n) is 1.81. The third-order valence-corrected chi connectivity index (χ3v) is 3.67. The Morgan fingerprint density at radius 2 is 1.76 bits per heavy atom. The van der Waals surface area contributed by atoms with Crippen molar-refractivity contribution in [1.29, 1.82) is 0 Å². The van der Waals surface area contributed by atoms with E-state index in [1.165, 1.54) is 0 Å². The molecule has 0 saturated carbocycles. The average Bonchev–Trinajstić information content (AvgIpc) is 2.34. The molecule has 0 amide bonds. The lowest BCUT2D eigenvalue weighted by Gasteiger charge is -2.32. The standard InChI is InChI=1S/C12H17BClNO2/c1-11(2)12(3,4)17-13(16-11)6-9-5-10(14)8-15-7-9/h5,7-8H,6H2,1-4H3. The molecule has 0 aliphatic carbocycles. The van der Waals surface area contributed by atoms with E-state index in [0.29, 0.717) is 11.3 Å². The van der Waals surface area contributed by atoms with Crippen molar-refractivity contribution in [2.45, 2.75) is 45.2 Å². The zero-order valence-corrected chi connectivity index (χ0v) is 11.4. The van der Waals surface area contributed by atoms with E-state index in [1.54, 1.807) is 12.4 Å². The predicted molar refractivity (Wildman–Crippen MR) is 69.0 cm³/mol. The third kappa shape index (κ3) is 2.64. The maximum absolute atomic E-state index is 5.91. The summed E-state index contributed by atoms with van der Waals surface area (Å²) in [4.78, 5) is 4.06. The van der Waals surface area contributed by atoms with Gasteiger partial charge in [-0.1, -0.05) is 11.6 Å². The van der Waals surface area contributed by atoms with Gasteiger partial charge in [-0.05, 0) is 39.3 Å². The van der Waals surface area contributed by atoms with Crippen LogP contribution in [0.3, 0.4) is 0 Å². The topological polar surface area (TPSA) is 31.4 Å². The monoisotopic (exact) mass is 253 g/mol. The Hall–Kier alpha value is -0.575. The second-order valence-electron chi connectivity index (χ2n) is 5.40. The highest BCUT2D eigenvalue weighted by Gasteiger charge is 2.50. The number of halogens is 1. The Morgan fingerprint density at radius 1 is 1.18 bits per heavy atom. The number of rotatable bonds is 2. The molecule has 1 aliphatic rings. The van der Waals surface area contributed by atoms with E-state index in [0.717, 1.165) is 5.56 Å². The van der Waals surface area contributed by atoms with Crippen LogP contribution in [0.15, 0.2) is 18.5 Å². The molecule has 0 unspecified atom stereocenters. The summed E-state index contributed by atoms with van der Waals surface area (Å²) in [5.74, 6) is 0. The van der Waals surface area contributed by atoms with Gasteiger partial charge < -0.3 is 9.31 Å². The number of aromatic nitrogens is 1. The van der Waals surface area contributed by atoms with Crippen molar-refractivity contribution < 1.29 is 9.31 Å². The molecule has 2 rings (SSSR count). The second kappa shape index (κ2) is 4.27. The molecule has 1 aromatic rings. The SMILES string of the molecule is CC1(C)OB(Cc2cncc(Cl)c2)OC1(C)C. The molecule has 17 heavy (non-hydrogen) atoms. The summed E-state index contributed by atoms with van der Waals surface area (Å²) >= 11 is 5.90. The summed E-state index contributed by atoms with van der Waals surface area (Å²) in [6.45, 7) is 8.18. The quantitative estimate of drug-likeness (QED) is 0.760.